The van der Waals surface area contributed by atoms with Crippen molar-refractivity contribution in [2.45, 2.75) is 45.9 Å². The molecule has 0 amide bonds. The van der Waals surface area contributed by atoms with Crippen molar-refractivity contribution in [3.8, 4) is 40.2 Å². The molecule has 2 heterocycles. The highest BCUT2D eigenvalue weighted by atomic mass is 35.5. The molecule has 0 aromatic heterocycles. The highest BCUT2D eigenvalue weighted by Gasteiger charge is 2.20. The van der Waals surface area contributed by atoms with E-state index in [0.29, 0.717) is 48.5 Å². The highest BCUT2D eigenvalue weighted by Crippen LogP contribution is 2.40. The average Bonchev–Trinajstić information content (AvgIpc) is 3.09. The summed E-state index contributed by atoms with van der Waals surface area (Å²) in [7, 11) is 0. The Labute approximate surface area is 274 Å². The minimum Gasteiger partial charge on any atom is -0.487 e. The average molecular weight is 639 g/mol. The van der Waals surface area contributed by atoms with E-state index in [1.54, 1.807) is 6.07 Å². The zero-order valence-electron chi connectivity index (χ0n) is 25.7. The molecule has 0 spiro atoms. The van der Waals surface area contributed by atoms with Gasteiger partial charge in [0, 0.05) is 12.1 Å². The van der Waals surface area contributed by atoms with Crippen molar-refractivity contribution < 1.29 is 28.5 Å². The van der Waals surface area contributed by atoms with Crippen molar-refractivity contribution in [2.24, 2.45) is 0 Å². The van der Waals surface area contributed by atoms with Gasteiger partial charge in [0.1, 0.15) is 42.9 Å². The summed E-state index contributed by atoms with van der Waals surface area (Å²) in [6.07, 6.45) is 3.94. The zero-order valence-corrected chi connectivity index (χ0v) is 26.5. The van der Waals surface area contributed by atoms with E-state index in [-0.39, 0.29) is 6.15 Å². The van der Waals surface area contributed by atoms with Crippen LogP contribution in [0.3, 0.4) is 0 Å². The van der Waals surface area contributed by atoms with Gasteiger partial charge in [0.15, 0.2) is 11.5 Å². The Bertz CT molecular complexity index is 1740. The summed E-state index contributed by atoms with van der Waals surface area (Å²) >= 11 is 7.01. The first-order chi connectivity index (χ1) is 22.5. The van der Waals surface area contributed by atoms with E-state index in [1.807, 2.05) is 42.5 Å². The van der Waals surface area contributed by atoms with Gasteiger partial charge in [-0.3, -0.25) is 4.90 Å². The van der Waals surface area contributed by atoms with Crippen molar-refractivity contribution in [3.63, 3.8) is 0 Å². The number of likely N-dealkylation sites (tertiary alicyclic amines) is 1. The molecule has 0 radical (unpaired) electrons. The third kappa shape index (κ3) is 8.07. The first kappa shape index (κ1) is 32.6. The fourth-order valence-corrected chi connectivity index (χ4v) is 6.03. The van der Waals surface area contributed by atoms with Crippen LogP contribution in [0.2, 0.25) is 5.02 Å². The smallest absolute Gasteiger partial charge is 0.373 e. The van der Waals surface area contributed by atoms with Gasteiger partial charge in [-0.05, 0) is 91.0 Å². The fraction of sp³-hybridized carbons (Fsp3) is 0.297. The molecule has 8 nitrogen and oxygen atoms in total. The lowest BCUT2D eigenvalue weighted by atomic mass is 9.96. The quantitative estimate of drug-likeness (QED) is 0.186. The Balaban J connectivity index is 0.00000134. The van der Waals surface area contributed by atoms with Crippen molar-refractivity contribution in [1.82, 2.24) is 4.90 Å². The van der Waals surface area contributed by atoms with Gasteiger partial charge in [-0.15, -0.1) is 0 Å². The lowest BCUT2D eigenvalue weighted by Crippen LogP contribution is -2.29. The molecular weight excluding hydrogens is 604 g/mol. The van der Waals surface area contributed by atoms with Gasteiger partial charge in [-0.1, -0.05) is 60.5 Å². The van der Waals surface area contributed by atoms with E-state index in [1.165, 1.54) is 19.3 Å². The number of ether oxygens (including phenoxy) is 4. The molecular formula is C37H35ClN2O6. The van der Waals surface area contributed by atoms with Gasteiger partial charge >= 0.3 is 6.15 Å². The Morgan fingerprint density at radius 2 is 1.61 bits per heavy atom. The van der Waals surface area contributed by atoms with Crippen LogP contribution in [0.25, 0.3) is 11.1 Å². The summed E-state index contributed by atoms with van der Waals surface area (Å²) in [5.74, 6) is 2.76. The Kier molecular flexibility index (Phi) is 11.3. The molecule has 236 valence electrons. The number of rotatable bonds is 9. The summed E-state index contributed by atoms with van der Waals surface area (Å²) in [5.41, 5.74) is 6.93. The van der Waals surface area contributed by atoms with Crippen LogP contribution in [-0.2, 0) is 29.3 Å². The molecule has 4 aromatic rings. The zero-order chi connectivity index (χ0) is 32.3. The van der Waals surface area contributed by atoms with Gasteiger partial charge in [-0.2, -0.15) is 14.9 Å². The Hall–Kier alpha value is -4.80. The second-order valence-corrected chi connectivity index (χ2v) is 11.5. The number of carbonyl (C=O) groups excluding carboxylic acids is 2. The molecule has 0 aliphatic carbocycles. The Morgan fingerprint density at radius 3 is 2.39 bits per heavy atom. The van der Waals surface area contributed by atoms with E-state index >= 15 is 0 Å². The topological polar surface area (TPSA) is 98.1 Å². The summed E-state index contributed by atoms with van der Waals surface area (Å²) < 4.78 is 24.2. The predicted molar refractivity (Wildman–Crippen MR) is 173 cm³/mol. The van der Waals surface area contributed by atoms with Crippen molar-refractivity contribution in [3.05, 3.63) is 106 Å². The molecule has 0 atom stereocenters. The van der Waals surface area contributed by atoms with Gasteiger partial charge in [-0.25, -0.2) is 0 Å². The molecule has 1 fully saturated rings. The van der Waals surface area contributed by atoms with Gasteiger partial charge < -0.3 is 18.9 Å². The van der Waals surface area contributed by atoms with Crippen LogP contribution < -0.4 is 18.9 Å². The van der Waals surface area contributed by atoms with E-state index in [2.05, 4.69) is 42.2 Å². The molecule has 46 heavy (non-hydrogen) atoms. The number of hydrogen-bond donors (Lipinski definition) is 0. The number of benzene rings is 4. The maximum atomic E-state index is 9.31. The molecule has 2 aliphatic rings. The minimum atomic E-state index is 0.250. The molecule has 0 saturated carbocycles. The summed E-state index contributed by atoms with van der Waals surface area (Å²) in [6.45, 7) is 6.81. The molecule has 0 unspecified atom stereocenters. The second kappa shape index (κ2) is 16.0. The standard InChI is InChI=1S/C36H35ClN2O4.CO2/c1-25-30(9-6-10-31(25)28-11-13-32-34(20-28)41-18-17-40-32)24-42-33-14-12-29(22-39-15-3-2-4-16-39)36(35(33)37)43-23-27-8-5-7-26(19-27)21-38;2-1-3/h5-14,19-20H,2-4,15-18,22-24H2,1H3;. The van der Waals surface area contributed by atoms with Gasteiger partial charge in [0.2, 0.25) is 0 Å². The molecule has 9 heteroatoms. The number of nitriles is 1. The molecule has 0 N–H and O–H groups in total. The number of hydrogen-bond acceptors (Lipinski definition) is 8. The van der Waals surface area contributed by atoms with Crippen molar-refractivity contribution in [1.29, 1.82) is 5.26 Å². The molecule has 2 aliphatic heterocycles. The van der Waals surface area contributed by atoms with Crippen LogP contribution in [-0.4, -0.2) is 37.4 Å². The lowest BCUT2D eigenvalue weighted by molar-refractivity contribution is -0.191. The SMILES string of the molecule is Cc1c(COc2ccc(CN3CCCCC3)c(OCc3cccc(C#N)c3)c2Cl)cccc1-c1ccc2c(c1)OCCO2.O=C=O. The third-order valence-electron chi connectivity index (χ3n) is 8.11. The monoisotopic (exact) mass is 638 g/mol. The molecule has 0 bridgehead atoms. The molecule has 6 rings (SSSR count). The number of piperidine rings is 1. The van der Waals surface area contributed by atoms with Crippen LogP contribution in [0.4, 0.5) is 0 Å². The minimum absolute atomic E-state index is 0.250. The molecule has 1 saturated heterocycles. The van der Waals surface area contributed by atoms with Crippen LogP contribution >= 0.6 is 11.6 Å². The van der Waals surface area contributed by atoms with E-state index in [0.717, 1.165) is 64.5 Å². The molecule has 4 aromatic carbocycles. The first-order valence-corrected chi connectivity index (χ1v) is 15.6. The first-order valence-electron chi connectivity index (χ1n) is 15.3. The normalized spacial score (nSPS) is 13.8. The fourth-order valence-electron chi connectivity index (χ4n) is 5.73. The second-order valence-electron chi connectivity index (χ2n) is 11.1. The summed E-state index contributed by atoms with van der Waals surface area (Å²) in [4.78, 5) is 18.7. The Morgan fingerprint density at radius 1 is 0.848 bits per heavy atom. The highest BCUT2D eigenvalue weighted by molar-refractivity contribution is 6.33. The van der Waals surface area contributed by atoms with Gasteiger partial charge in [0.25, 0.3) is 0 Å². The van der Waals surface area contributed by atoms with Crippen LogP contribution in [0, 0.1) is 18.3 Å². The number of halogens is 1. The van der Waals surface area contributed by atoms with E-state index in [9.17, 15) is 5.26 Å². The largest absolute Gasteiger partial charge is 0.487 e. The lowest BCUT2D eigenvalue weighted by Gasteiger charge is -2.27. The van der Waals surface area contributed by atoms with Crippen molar-refractivity contribution in [2.75, 3.05) is 26.3 Å². The van der Waals surface area contributed by atoms with E-state index in [4.69, 9.17) is 40.1 Å². The summed E-state index contributed by atoms with van der Waals surface area (Å²) in [6, 6.07) is 26.0. The maximum absolute atomic E-state index is 9.31. The maximum Gasteiger partial charge on any atom is 0.373 e. The van der Waals surface area contributed by atoms with Crippen molar-refractivity contribution >= 4 is 17.8 Å². The number of nitrogens with zero attached hydrogens (tertiary/aromatic N) is 2. The predicted octanol–water partition coefficient (Wildman–Crippen LogP) is 7.52. The van der Waals surface area contributed by atoms with Crippen LogP contribution in [0.1, 0.15) is 47.1 Å². The number of fused-ring (bicyclic) bond motifs is 1. The van der Waals surface area contributed by atoms with Crippen LogP contribution in [0.15, 0.2) is 72.8 Å². The summed E-state index contributed by atoms with van der Waals surface area (Å²) in [5, 5.41) is 9.78. The third-order valence-corrected chi connectivity index (χ3v) is 8.47. The van der Waals surface area contributed by atoms with Crippen LogP contribution in [0.5, 0.6) is 23.0 Å². The van der Waals surface area contributed by atoms with Gasteiger partial charge in [0.05, 0.1) is 11.6 Å². The van der Waals surface area contributed by atoms with E-state index < -0.39 is 0 Å².